The van der Waals surface area contributed by atoms with Gasteiger partial charge in [0.15, 0.2) is 10.4 Å². The van der Waals surface area contributed by atoms with Crippen molar-refractivity contribution in [3.05, 3.63) is 47.1 Å². The van der Waals surface area contributed by atoms with E-state index in [2.05, 4.69) is 41.7 Å². The number of ether oxygens (including phenoxy) is 1. The Balaban J connectivity index is 1.68. The highest BCUT2D eigenvalue weighted by molar-refractivity contribution is 9.10. The molecule has 1 N–H and O–H groups in total. The molecule has 1 aliphatic heterocycles. The second-order valence-corrected chi connectivity index (χ2v) is 6.39. The van der Waals surface area contributed by atoms with E-state index in [1.807, 2.05) is 18.2 Å². The van der Waals surface area contributed by atoms with E-state index in [4.69, 9.17) is 9.15 Å². The van der Waals surface area contributed by atoms with Crippen molar-refractivity contribution >= 4 is 33.2 Å². The molecule has 134 valence electrons. The standard InChI is InChI=1S/C16H15BrN6O3/c17-15-4-3-14(26-15)16(24)19-12-9-11(23-10-18-20-21-23)1-2-13(12)22-5-7-25-8-6-22/h1-4,9-10H,5-8H2,(H,19,24). The summed E-state index contributed by atoms with van der Waals surface area (Å²) in [5, 5.41) is 14.1. The Hall–Kier alpha value is -2.72. The number of tetrazole rings is 1. The van der Waals surface area contributed by atoms with Gasteiger partial charge in [-0.25, -0.2) is 4.68 Å². The summed E-state index contributed by atoms with van der Waals surface area (Å²) in [6.07, 6.45) is 1.50. The normalized spacial score (nSPS) is 14.4. The minimum absolute atomic E-state index is 0.220. The maximum atomic E-state index is 12.5. The molecule has 1 fully saturated rings. The Morgan fingerprint density at radius 3 is 2.73 bits per heavy atom. The third kappa shape index (κ3) is 3.46. The van der Waals surface area contributed by atoms with E-state index in [1.54, 1.807) is 12.1 Å². The molecule has 0 radical (unpaired) electrons. The van der Waals surface area contributed by atoms with Gasteiger partial charge in [-0.2, -0.15) is 0 Å². The Morgan fingerprint density at radius 1 is 1.19 bits per heavy atom. The summed E-state index contributed by atoms with van der Waals surface area (Å²) in [4.78, 5) is 14.7. The molecule has 0 atom stereocenters. The molecule has 0 spiro atoms. The van der Waals surface area contributed by atoms with Crippen LogP contribution in [0.15, 0.2) is 45.7 Å². The molecule has 3 heterocycles. The fourth-order valence-corrected chi connectivity index (χ4v) is 3.05. The summed E-state index contributed by atoms with van der Waals surface area (Å²) in [5.41, 5.74) is 2.30. The molecule has 10 heteroatoms. The number of nitrogens with one attached hydrogen (secondary N) is 1. The van der Waals surface area contributed by atoms with Crippen LogP contribution in [0.4, 0.5) is 11.4 Å². The number of benzene rings is 1. The molecule has 1 aromatic carbocycles. The molecule has 0 aliphatic carbocycles. The SMILES string of the molecule is O=C(Nc1cc(-n2cnnn2)ccc1N1CCOCC1)c1ccc(Br)o1. The van der Waals surface area contributed by atoms with Crippen molar-refractivity contribution in [2.24, 2.45) is 0 Å². The zero-order valence-electron chi connectivity index (χ0n) is 13.6. The number of rotatable bonds is 4. The lowest BCUT2D eigenvalue weighted by Gasteiger charge is -2.30. The van der Waals surface area contributed by atoms with Crippen molar-refractivity contribution in [2.75, 3.05) is 36.5 Å². The Bertz CT molecular complexity index is 905. The minimum atomic E-state index is -0.334. The van der Waals surface area contributed by atoms with Crippen LogP contribution in [0, 0.1) is 0 Å². The number of furan rings is 1. The summed E-state index contributed by atoms with van der Waals surface area (Å²) in [6, 6.07) is 8.96. The summed E-state index contributed by atoms with van der Waals surface area (Å²) in [5.74, 6) is -0.114. The predicted molar refractivity (Wildman–Crippen MR) is 96.5 cm³/mol. The van der Waals surface area contributed by atoms with E-state index in [-0.39, 0.29) is 11.7 Å². The molecule has 0 bridgehead atoms. The smallest absolute Gasteiger partial charge is 0.291 e. The number of halogens is 1. The van der Waals surface area contributed by atoms with Crippen LogP contribution in [0.5, 0.6) is 0 Å². The van der Waals surface area contributed by atoms with Crippen molar-refractivity contribution in [1.29, 1.82) is 0 Å². The van der Waals surface area contributed by atoms with Gasteiger partial charge in [0.2, 0.25) is 0 Å². The van der Waals surface area contributed by atoms with E-state index < -0.39 is 0 Å². The van der Waals surface area contributed by atoms with E-state index in [1.165, 1.54) is 11.0 Å². The van der Waals surface area contributed by atoms with Gasteiger partial charge in [-0.1, -0.05) is 0 Å². The lowest BCUT2D eigenvalue weighted by Crippen LogP contribution is -2.36. The summed E-state index contributed by atoms with van der Waals surface area (Å²) >= 11 is 3.21. The molecule has 1 saturated heterocycles. The first-order valence-corrected chi connectivity index (χ1v) is 8.77. The highest BCUT2D eigenvalue weighted by Crippen LogP contribution is 2.30. The lowest BCUT2D eigenvalue weighted by atomic mass is 10.2. The Morgan fingerprint density at radius 2 is 2.04 bits per heavy atom. The number of hydrogen-bond donors (Lipinski definition) is 1. The maximum absolute atomic E-state index is 12.5. The number of aromatic nitrogens is 4. The van der Waals surface area contributed by atoms with Gasteiger partial charge < -0.3 is 19.4 Å². The molecule has 1 aliphatic rings. The average Bonchev–Trinajstić information content (AvgIpc) is 3.34. The van der Waals surface area contributed by atoms with Gasteiger partial charge in [0, 0.05) is 13.1 Å². The predicted octanol–water partition coefficient (Wildman–Crippen LogP) is 2.11. The van der Waals surface area contributed by atoms with Crippen LogP contribution in [0.1, 0.15) is 10.6 Å². The van der Waals surface area contributed by atoms with Gasteiger partial charge >= 0.3 is 0 Å². The summed E-state index contributed by atoms with van der Waals surface area (Å²) in [6.45, 7) is 2.79. The van der Waals surface area contributed by atoms with Crippen molar-refractivity contribution in [3.63, 3.8) is 0 Å². The number of amides is 1. The fraction of sp³-hybridized carbons (Fsp3) is 0.250. The monoisotopic (exact) mass is 418 g/mol. The highest BCUT2D eigenvalue weighted by Gasteiger charge is 2.19. The molecule has 2 aromatic heterocycles. The number of carbonyl (C=O) groups excluding carboxylic acids is 1. The van der Waals surface area contributed by atoms with Crippen molar-refractivity contribution in [3.8, 4) is 5.69 Å². The van der Waals surface area contributed by atoms with E-state index in [9.17, 15) is 4.79 Å². The molecule has 4 rings (SSSR count). The fourth-order valence-electron chi connectivity index (χ4n) is 2.75. The van der Waals surface area contributed by atoms with Crippen LogP contribution >= 0.6 is 15.9 Å². The van der Waals surface area contributed by atoms with Crippen LogP contribution in [0.3, 0.4) is 0 Å². The van der Waals surface area contributed by atoms with E-state index >= 15 is 0 Å². The summed E-state index contributed by atoms with van der Waals surface area (Å²) < 4.78 is 12.8. The molecule has 0 unspecified atom stereocenters. The average molecular weight is 419 g/mol. The third-order valence-corrected chi connectivity index (χ3v) is 4.42. The molecule has 0 saturated carbocycles. The van der Waals surface area contributed by atoms with Crippen molar-refractivity contribution in [2.45, 2.75) is 0 Å². The first-order valence-electron chi connectivity index (χ1n) is 7.97. The van der Waals surface area contributed by atoms with Crippen LogP contribution in [0.2, 0.25) is 0 Å². The van der Waals surface area contributed by atoms with Gasteiger partial charge in [0.05, 0.1) is 30.3 Å². The van der Waals surface area contributed by atoms with Gasteiger partial charge in [0.1, 0.15) is 6.33 Å². The second-order valence-electron chi connectivity index (χ2n) is 5.61. The van der Waals surface area contributed by atoms with Crippen LogP contribution in [-0.2, 0) is 4.74 Å². The van der Waals surface area contributed by atoms with E-state index in [0.29, 0.717) is 23.6 Å². The molecule has 9 nitrogen and oxygen atoms in total. The maximum Gasteiger partial charge on any atom is 0.291 e. The molecule has 3 aromatic rings. The third-order valence-electron chi connectivity index (χ3n) is 3.99. The highest BCUT2D eigenvalue weighted by atomic mass is 79.9. The number of carbonyl (C=O) groups is 1. The molecular formula is C16H15BrN6O3. The van der Waals surface area contributed by atoms with E-state index in [0.717, 1.165) is 24.5 Å². The molecular weight excluding hydrogens is 404 g/mol. The second kappa shape index (κ2) is 7.26. The Kier molecular flexibility index (Phi) is 4.67. The van der Waals surface area contributed by atoms with Crippen molar-refractivity contribution in [1.82, 2.24) is 20.2 Å². The van der Waals surface area contributed by atoms with Gasteiger partial charge in [-0.3, -0.25) is 4.79 Å². The van der Waals surface area contributed by atoms with Gasteiger partial charge in [-0.15, -0.1) is 5.10 Å². The van der Waals surface area contributed by atoms with Gasteiger partial charge in [0.25, 0.3) is 5.91 Å². The topological polar surface area (TPSA) is 98.3 Å². The lowest BCUT2D eigenvalue weighted by molar-refractivity contribution is 0.0995. The number of anilines is 2. The quantitative estimate of drug-likeness (QED) is 0.692. The van der Waals surface area contributed by atoms with Crippen molar-refractivity contribution < 1.29 is 13.9 Å². The summed E-state index contributed by atoms with van der Waals surface area (Å²) in [7, 11) is 0. The largest absolute Gasteiger partial charge is 0.444 e. The zero-order chi connectivity index (χ0) is 17.9. The van der Waals surface area contributed by atoms with Crippen LogP contribution in [-0.4, -0.2) is 52.4 Å². The molecule has 1 amide bonds. The van der Waals surface area contributed by atoms with Crippen LogP contribution < -0.4 is 10.2 Å². The molecule has 26 heavy (non-hydrogen) atoms. The number of hydrogen-bond acceptors (Lipinski definition) is 7. The minimum Gasteiger partial charge on any atom is -0.444 e. The first kappa shape index (κ1) is 16.7. The number of nitrogens with zero attached hydrogens (tertiary/aromatic N) is 5. The van der Waals surface area contributed by atoms with Gasteiger partial charge in [-0.05, 0) is 56.7 Å². The Labute approximate surface area is 157 Å². The number of morpholine rings is 1. The van der Waals surface area contributed by atoms with Crippen LogP contribution in [0.25, 0.3) is 5.69 Å². The zero-order valence-corrected chi connectivity index (χ0v) is 15.2. The first-order chi connectivity index (χ1) is 12.7.